The first-order valence-corrected chi connectivity index (χ1v) is 18.8. The van der Waals surface area contributed by atoms with Crippen LogP contribution in [-0.4, -0.2) is 50.0 Å². The Hall–Kier alpha value is -4.05. The van der Waals surface area contributed by atoms with E-state index in [0.717, 1.165) is 9.13 Å². The van der Waals surface area contributed by atoms with E-state index in [9.17, 15) is 14.4 Å². The fraction of sp³-hybridized carbons (Fsp3) is 0.297. The molecule has 1 aliphatic rings. The Morgan fingerprint density at radius 2 is 1.69 bits per heavy atom. The molecule has 0 saturated carbocycles. The lowest BCUT2D eigenvalue weighted by atomic mass is 9.95. The van der Waals surface area contributed by atoms with E-state index >= 15 is 0 Å². The Bertz CT molecular complexity index is 2220. The first-order valence-electron chi connectivity index (χ1n) is 16.2. The van der Waals surface area contributed by atoms with Gasteiger partial charge < -0.3 is 28.4 Å². The Labute approximate surface area is 327 Å². The van der Waals surface area contributed by atoms with Gasteiger partial charge in [-0.25, -0.2) is 14.6 Å². The zero-order valence-electron chi connectivity index (χ0n) is 28.9. The topological polar surface area (TPSA) is 124 Å². The van der Waals surface area contributed by atoms with Crippen molar-refractivity contribution in [3.63, 3.8) is 0 Å². The number of benzene rings is 3. The number of carbonyl (C=O) groups excluding carboxylic acids is 2. The molecule has 0 aliphatic carbocycles. The van der Waals surface area contributed by atoms with Crippen molar-refractivity contribution in [2.24, 2.45) is 4.99 Å². The van der Waals surface area contributed by atoms with Crippen LogP contribution in [0.15, 0.2) is 69.6 Å². The highest BCUT2D eigenvalue weighted by Gasteiger charge is 2.34. The van der Waals surface area contributed by atoms with E-state index < -0.39 is 18.0 Å². The molecule has 0 radical (unpaired) electrons. The molecule has 11 nitrogen and oxygen atoms in total. The van der Waals surface area contributed by atoms with Crippen molar-refractivity contribution in [1.29, 1.82) is 0 Å². The van der Waals surface area contributed by atoms with Crippen LogP contribution in [-0.2, 0) is 25.7 Å². The normalized spacial score (nSPS) is 14.0. The molecule has 1 atom stereocenters. The van der Waals surface area contributed by atoms with E-state index in [1.165, 1.54) is 23.0 Å². The highest BCUT2D eigenvalue weighted by molar-refractivity contribution is 14.1. The molecule has 3 aromatic carbocycles. The van der Waals surface area contributed by atoms with Crippen LogP contribution in [0.3, 0.4) is 0 Å². The van der Waals surface area contributed by atoms with Crippen LogP contribution in [0.2, 0.25) is 10.0 Å². The number of hydrogen-bond acceptors (Lipinski definition) is 11. The summed E-state index contributed by atoms with van der Waals surface area (Å²) < 4.78 is 36.4. The zero-order valence-corrected chi connectivity index (χ0v) is 33.4. The van der Waals surface area contributed by atoms with Crippen molar-refractivity contribution in [2.45, 2.75) is 40.3 Å². The van der Waals surface area contributed by atoms with Gasteiger partial charge in [0.25, 0.3) is 5.56 Å². The van der Waals surface area contributed by atoms with Gasteiger partial charge in [-0.3, -0.25) is 9.36 Å². The van der Waals surface area contributed by atoms with E-state index in [-0.39, 0.29) is 31.0 Å². The first kappa shape index (κ1) is 39.2. The third-order valence-corrected chi connectivity index (χ3v) is 10.1. The number of ether oxygens (including phenoxy) is 6. The summed E-state index contributed by atoms with van der Waals surface area (Å²) in [7, 11) is 1.27. The summed E-state index contributed by atoms with van der Waals surface area (Å²) in [6.45, 7) is 7.76. The molecule has 52 heavy (non-hydrogen) atoms. The maximum Gasteiger partial charge on any atom is 0.343 e. The van der Waals surface area contributed by atoms with Gasteiger partial charge in [0.15, 0.2) is 34.4 Å². The molecule has 0 fully saturated rings. The maximum absolute atomic E-state index is 14.3. The monoisotopic (exact) mass is 880 g/mol. The van der Waals surface area contributed by atoms with Gasteiger partial charge in [0, 0.05) is 15.6 Å². The van der Waals surface area contributed by atoms with Crippen LogP contribution in [0.4, 0.5) is 0 Å². The third kappa shape index (κ3) is 8.76. The van der Waals surface area contributed by atoms with Crippen LogP contribution >= 0.6 is 57.1 Å². The summed E-state index contributed by atoms with van der Waals surface area (Å²) in [6.07, 6.45) is 1.75. The number of nitrogens with zero attached hydrogens (tertiary/aromatic N) is 2. The second kappa shape index (κ2) is 17.6. The number of esters is 2. The maximum atomic E-state index is 14.3. The number of thiazole rings is 1. The van der Waals surface area contributed by atoms with Gasteiger partial charge >= 0.3 is 11.9 Å². The average Bonchev–Trinajstić information content (AvgIpc) is 3.40. The van der Waals surface area contributed by atoms with Gasteiger partial charge in [-0.05, 0) is 104 Å². The number of halogens is 3. The van der Waals surface area contributed by atoms with Gasteiger partial charge in [-0.2, -0.15) is 0 Å². The molecule has 1 aliphatic heterocycles. The zero-order chi connectivity index (χ0) is 37.5. The van der Waals surface area contributed by atoms with Crippen molar-refractivity contribution in [3.05, 3.63) is 110 Å². The summed E-state index contributed by atoms with van der Waals surface area (Å²) in [4.78, 5) is 44.6. The van der Waals surface area contributed by atoms with Crippen LogP contribution in [0, 0.1) is 3.57 Å². The molecule has 1 aromatic heterocycles. The summed E-state index contributed by atoms with van der Waals surface area (Å²) >= 11 is 15.8. The molecule has 0 amide bonds. The molecule has 0 unspecified atom stereocenters. The molecule has 0 spiro atoms. The Morgan fingerprint density at radius 3 is 2.38 bits per heavy atom. The molecular weight excluding hydrogens is 846 g/mol. The predicted octanol–water partition coefficient (Wildman–Crippen LogP) is 6.64. The van der Waals surface area contributed by atoms with Crippen molar-refractivity contribution in [1.82, 2.24) is 4.57 Å². The molecule has 274 valence electrons. The summed E-state index contributed by atoms with van der Waals surface area (Å²) in [5.41, 5.74) is 2.27. The molecular formula is C37H35Cl2IN2O9S. The fourth-order valence-electron chi connectivity index (χ4n) is 5.40. The number of hydrogen-bond donors (Lipinski definition) is 0. The first-order chi connectivity index (χ1) is 25.0. The Balaban J connectivity index is 1.59. The van der Waals surface area contributed by atoms with Gasteiger partial charge in [0.2, 0.25) is 0 Å². The number of carbonyl (C=O) groups is 2. The number of methoxy groups -OCH3 is 1. The molecule has 0 bridgehead atoms. The molecule has 0 N–H and O–H groups in total. The lowest BCUT2D eigenvalue weighted by molar-refractivity contribution is -0.143. The van der Waals surface area contributed by atoms with Gasteiger partial charge in [-0.1, -0.05) is 46.7 Å². The highest BCUT2D eigenvalue weighted by atomic mass is 127. The standard InChI is InChI=1S/C37H35Cl2IN2O9S/c1-6-47-28-16-22(10-12-27(28)50-19-31(43)46-5)33-32(36(45)49-8-3)20(4)41-37-42(33)35(44)30(52-37)15-21-13-26(40)34(29(14-21)48-7-2)51-18-23-9-11-24(38)17-25(23)39/h9-17,33H,6-8,18-19H2,1-5H3/b30-15+/t33-/m0/s1. The minimum absolute atomic E-state index is 0.129. The highest BCUT2D eigenvalue weighted by Crippen LogP contribution is 2.38. The van der Waals surface area contributed by atoms with Crippen molar-refractivity contribution >= 4 is 75.1 Å². The summed E-state index contributed by atoms with van der Waals surface area (Å²) in [5, 5.41) is 1.02. The SMILES string of the molecule is CCOC(=O)C1=C(C)N=c2s/c(=C/c3cc(I)c(OCc4ccc(Cl)cc4Cl)c(OCC)c3)c(=O)n2[C@H]1c1ccc(OCC(=O)OC)c(OCC)c1. The van der Waals surface area contributed by atoms with Gasteiger partial charge in [0.05, 0.1) is 52.3 Å². The Morgan fingerprint density at radius 1 is 0.942 bits per heavy atom. The smallest absolute Gasteiger partial charge is 0.343 e. The van der Waals surface area contributed by atoms with E-state index in [2.05, 4.69) is 27.6 Å². The van der Waals surface area contributed by atoms with E-state index in [1.54, 1.807) is 69.3 Å². The minimum atomic E-state index is -0.902. The fourth-order valence-corrected chi connectivity index (χ4v) is 7.69. The third-order valence-electron chi connectivity index (χ3n) is 7.69. The quantitative estimate of drug-likeness (QED) is 0.101. The number of allylic oxidation sites excluding steroid dienone is 1. The Kier molecular flexibility index (Phi) is 13.3. The molecule has 4 aromatic rings. The molecule has 5 rings (SSSR count). The van der Waals surface area contributed by atoms with Crippen LogP contribution < -0.4 is 33.8 Å². The van der Waals surface area contributed by atoms with E-state index in [4.69, 9.17) is 51.6 Å². The predicted molar refractivity (Wildman–Crippen MR) is 207 cm³/mol. The van der Waals surface area contributed by atoms with E-state index in [1.807, 2.05) is 13.0 Å². The van der Waals surface area contributed by atoms with Crippen molar-refractivity contribution in [2.75, 3.05) is 33.5 Å². The van der Waals surface area contributed by atoms with Crippen LogP contribution in [0.1, 0.15) is 50.4 Å². The minimum Gasteiger partial charge on any atom is -0.490 e. The molecule has 2 heterocycles. The lowest BCUT2D eigenvalue weighted by Crippen LogP contribution is -2.40. The van der Waals surface area contributed by atoms with Crippen molar-refractivity contribution in [3.8, 4) is 23.0 Å². The number of aromatic nitrogens is 1. The lowest BCUT2D eigenvalue weighted by Gasteiger charge is -2.25. The number of rotatable bonds is 14. The van der Waals surface area contributed by atoms with E-state index in [0.29, 0.717) is 72.4 Å². The summed E-state index contributed by atoms with van der Waals surface area (Å²) in [6, 6.07) is 13.0. The molecule has 15 heteroatoms. The average molecular weight is 882 g/mol. The van der Waals surface area contributed by atoms with Crippen LogP contribution in [0.25, 0.3) is 6.08 Å². The summed E-state index contributed by atoms with van der Waals surface area (Å²) in [5.74, 6) is 0.488. The van der Waals surface area contributed by atoms with Crippen molar-refractivity contribution < 1.29 is 38.0 Å². The second-order valence-electron chi connectivity index (χ2n) is 11.1. The number of fused-ring (bicyclic) bond motifs is 1. The second-order valence-corrected chi connectivity index (χ2v) is 14.1. The van der Waals surface area contributed by atoms with Gasteiger partial charge in [0.1, 0.15) is 6.61 Å². The van der Waals surface area contributed by atoms with Gasteiger partial charge in [-0.15, -0.1) is 0 Å². The van der Waals surface area contributed by atoms with Crippen LogP contribution in [0.5, 0.6) is 23.0 Å². The molecule has 0 saturated heterocycles. The largest absolute Gasteiger partial charge is 0.490 e.